The molecule has 0 amide bonds. The van der Waals surface area contributed by atoms with Crippen molar-refractivity contribution in [2.75, 3.05) is 11.9 Å². The van der Waals surface area contributed by atoms with Crippen LogP contribution >= 0.6 is 0 Å². The van der Waals surface area contributed by atoms with Crippen LogP contribution in [0.2, 0.25) is 0 Å². The smallest absolute Gasteiger partial charge is 0.364 e. The van der Waals surface area contributed by atoms with E-state index in [9.17, 15) is 23.3 Å². The number of nitro groups is 1. The number of aryl methyl sites for hydroxylation is 1. The van der Waals surface area contributed by atoms with Gasteiger partial charge in [0.15, 0.2) is 0 Å². The van der Waals surface area contributed by atoms with E-state index in [1.165, 1.54) is 12.1 Å². The molecule has 1 N–H and O–H groups in total. The summed E-state index contributed by atoms with van der Waals surface area (Å²) in [4.78, 5) is 13.7. The molecule has 0 unspecified atom stereocenters. The highest BCUT2D eigenvalue weighted by molar-refractivity contribution is 5.55. The van der Waals surface area contributed by atoms with Crippen LogP contribution in [0.15, 0.2) is 12.1 Å². The van der Waals surface area contributed by atoms with Crippen LogP contribution in [0.5, 0.6) is 0 Å². The Balaban J connectivity index is 2.75. The minimum absolute atomic E-state index is 0.140. The Kier molecular flexibility index (Phi) is 3.87. The van der Waals surface area contributed by atoms with Crippen LogP contribution in [0.4, 0.5) is 24.7 Å². The van der Waals surface area contributed by atoms with E-state index in [2.05, 4.69) is 10.3 Å². The van der Waals surface area contributed by atoms with E-state index in [4.69, 9.17) is 0 Å². The maximum atomic E-state index is 11.9. The second kappa shape index (κ2) is 4.98. The molecule has 0 spiro atoms. The molecular weight excluding hydrogens is 239 g/mol. The SMILES string of the molecule is Cc1ccc([N+](=O)[O-])c(NCCC(F)(F)F)n1. The summed E-state index contributed by atoms with van der Waals surface area (Å²) >= 11 is 0. The van der Waals surface area contributed by atoms with Gasteiger partial charge < -0.3 is 5.32 Å². The fraction of sp³-hybridized carbons (Fsp3) is 0.444. The first kappa shape index (κ1) is 13.2. The molecule has 0 fully saturated rings. The Bertz CT molecular complexity index is 420. The lowest BCUT2D eigenvalue weighted by molar-refractivity contribution is -0.384. The number of aromatic nitrogens is 1. The van der Waals surface area contributed by atoms with Gasteiger partial charge in [0.25, 0.3) is 0 Å². The number of alkyl halides is 3. The van der Waals surface area contributed by atoms with Gasteiger partial charge in [-0.05, 0) is 13.0 Å². The number of hydrogen-bond donors (Lipinski definition) is 1. The zero-order chi connectivity index (χ0) is 13.1. The van der Waals surface area contributed by atoms with Gasteiger partial charge >= 0.3 is 11.9 Å². The Labute approximate surface area is 94.8 Å². The van der Waals surface area contributed by atoms with Gasteiger partial charge in [0.2, 0.25) is 5.82 Å². The number of nitrogens with zero attached hydrogens (tertiary/aromatic N) is 2. The van der Waals surface area contributed by atoms with Crippen molar-refractivity contribution in [2.24, 2.45) is 0 Å². The first-order valence-corrected chi connectivity index (χ1v) is 4.72. The summed E-state index contributed by atoms with van der Waals surface area (Å²) in [6, 6.07) is 2.63. The Morgan fingerprint density at radius 1 is 1.47 bits per heavy atom. The van der Waals surface area contributed by atoms with E-state index < -0.39 is 24.1 Å². The van der Waals surface area contributed by atoms with Gasteiger partial charge in [-0.2, -0.15) is 13.2 Å². The lowest BCUT2D eigenvalue weighted by Crippen LogP contribution is -2.15. The predicted octanol–water partition coefficient (Wildman–Crippen LogP) is 2.66. The zero-order valence-corrected chi connectivity index (χ0v) is 8.91. The van der Waals surface area contributed by atoms with E-state index >= 15 is 0 Å². The fourth-order valence-corrected chi connectivity index (χ4v) is 1.15. The first-order chi connectivity index (χ1) is 7.79. The molecule has 1 heterocycles. The van der Waals surface area contributed by atoms with Crippen molar-refractivity contribution in [3.8, 4) is 0 Å². The summed E-state index contributed by atoms with van der Waals surface area (Å²) in [6.45, 7) is 1.15. The zero-order valence-electron chi connectivity index (χ0n) is 8.91. The Morgan fingerprint density at radius 2 is 2.12 bits per heavy atom. The highest BCUT2D eigenvalue weighted by Gasteiger charge is 2.27. The molecule has 0 aliphatic rings. The van der Waals surface area contributed by atoms with Crippen molar-refractivity contribution in [3.05, 3.63) is 27.9 Å². The van der Waals surface area contributed by atoms with Crippen LogP contribution in [0.3, 0.4) is 0 Å². The van der Waals surface area contributed by atoms with E-state index in [0.717, 1.165) is 0 Å². The van der Waals surface area contributed by atoms with Gasteiger partial charge in [0.05, 0.1) is 11.3 Å². The predicted molar refractivity (Wildman–Crippen MR) is 54.8 cm³/mol. The normalized spacial score (nSPS) is 11.3. The number of hydrogen-bond acceptors (Lipinski definition) is 4. The molecule has 1 rings (SSSR count). The number of halogens is 3. The van der Waals surface area contributed by atoms with Crippen LogP contribution in [0.25, 0.3) is 0 Å². The first-order valence-electron chi connectivity index (χ1n) is 4.72. The third-order valence-electron chi connectivity index (χ3n) is 1.91. The van der Waals surface area contributed by atoms with Crippen LogP contribution in [-0.2, 0) is 0 Å². The molecule has 8 heteroatoms. The monoisotopic (exact) mass is 249 g/mol. The summed E-state index contributed by atoms with van der Waals surface area (Å²) < 4.78 is 35.7. The molecule has 1 aromatic heterocycles. The molecule has 0 radical (unpaired) electrons. The van der Waals surface area contributed by atoms with Crippen LogP contribution in [0.1, 0.15) is 12.1 Å². The van der Waals surface area contributed by atoms with Gasteiger partial charge in [-0.3, -0.25) is 10.1 Å². The number of nitrogens with one attached hydrogen (secondary N) is 1. The average molecular weight is 249 g/mol. The van der Waals surface area contributed by atoms with Crippen molar-refractivity contribution >= 4 is 11.5 Å². The van der Waals surface area contributed by atoms with Gasteiger partial charge in [-0.25, -0.2) is 4.98 Å². The van der Waals surface area contributed by atoms with Crippen molar-refractivity contribution in [3.63, 3.8) is 0 Å². The van der Waals surface area contributed by atoms with E-state index in [1.807, 2.05) is 0 Å². The Hall–Kier alpha value is -1.86. The molecule has 1 aromatic rings. The molecule has 17 heavy (non-hydrogen) atoms. The molecule has 0 aromatic carbocycles. The second-order valence-corrected chi connectivity index (χ2v) is 3.37. The van der Waals surface area contributed by atoms with Crippen molar-refractivity contribution in [2.45, 2.75) is 19.5 Å². The highest BCUT2D eigenvalue weighted by atomic mass is 19.4. The number of anilines is 1. The molecule has 0 aliphatic carbocycles. The highest BCUT2D eigenvalue weighted by Crippen LogP contribution is 2.23. The van der Waals surface area contributed by atoms with Gasteiger partial charge in [0, 0.05) is 18.3 Å². The molecule has 0 saturated heterocycles. The fourth-order valence-electron chi connectivity index (χ4n) is 1.15. The largest absolute Gasteiger partial charge is 0.390 e. The van der Waals surface area contributed by atoms with Crippen molar-refractivity contribution in [1.82, 2.24) is 4.98 Å². The van der Waals surface area contributed by atoms with Gasteiger partial charge in [-0.15, -0.1) is 0 Å². The Morgan fingerprint density at radius 3 is 2.65 bits per heavy atom. The van der Waals surface area contributed by atoms with Gasteiger partial charge in [-0.1, -0.05) is 0 Å². The molecule has 0 atom stereocenters. The minimum Gasteiger partial charge on any atom is -0.364 e. The number of pyridine rings is 1. The standard InChI is InChI=1S/C9H10F3N3O2/c1-6-2-3-7(15(16)17)8(14-6)13-5-4-9(10,11)12/h2-3H,4-5H2,1H3,(H,13,14). The van der Waals surface area contributed by atoms with Crippen LogP contribution in [-0.4, -0.2) is 22.6 Å². The summed E-state index contributed by atoms with van der Waals surface area (Å²) in [7, 11) is 0. The minimum atomic E-state index is -4.30. The van der Waals surface area contributed by atoms with E-state index in [1.54, 1.807) is 6.92 Å². The quantitative estimate of drug-likeness (QED) is 0.658. The van der Waals surface area contributed by atoms with Crippen molar-refractivity contribution in [1.29, 1.82) is 0 Å². The molecule has 0 bridgehead atoms. The molecule has 94 valence electrons. The number of rotatable bonds is 4. The van der Waals surface area contributed by atoms with Crippen molar-refractivity contribution < 1.29 is 18.1 Å². The third-order valence-corrected chi connectivity index (χ3v) is 1.91. The molecule has 0 aliphatic heterocycles. The van der Waals surface area contributed by atoms with Crippen LogP contribution < -0.4 is 5.32 Å². The molecule has 5 nitrogen and oxygen atoms in total. The summed E-state index contributed by atoms with van der Waals surface area (Å²) in [5, 5.41) is 12.9. The maximum absolute atomic E-state index is 11.9. The van der Waals surface area contributed by atoms with E-state index in [-0.39, 0.29) is 11.5 Å². The lowest BCUT2D eigenvalue weighted by Gasteiger charge is -2.08. The average Bonchev–Trinajstić information content (AvgIpc) is 2.15. The van der Waals surface area contributed by atoms with Crippen LogP contribution in [0, 0.1) is 17.0 Å². The molecular formula is C9H10F3N3O2. The summed E-state index contributed by atoms with van der Waals surface area (Å²) in [5.74, 6) is -0.140. The van der Waals surface area contributed by atoms with Gasteiger partial charge in [0.1, 0.15) is 0 Å². The topological polar surface area (TPSA) is 68.1 Å². The molecule has 0 saturated carbocycles. The summed E-state index contributed by atoms with van der Waals surface area (Å²) in [6.07, 6.45) is -5.37. The maximum Gasteiger partial charge on any atom is 0.390 e. The third kappa shape index (κ3) is 4.25. The van der Waals surface area contributed by atoms with E-state index in [0.29, 0.717) is 5.69 Å². The summed E-state index contributed by atoms with van der Waals surface area (Å²) in [5.41, 5.74) is 0.155. The second-order valence-electron chi connectivity index (χ2n) is 3.37. The lowest BCUT2D eigenvalue weighted by atomic mass is 10.3.